The number of rotatable bonds is 0. The largest absolute Gasteiger partial charge is 0.586 e. The molecule has 0 unspecified atom stereocenters. The van der Waals surface area contributed by atoms with E-state index in [1.54, 1.807) is 12.1 Å². The topological polar surface area (TPSA) is 18.5 Å². The van der Waals surface area contributed by atoms with Crippen molar-refractivity contribution in [1.29, 1.82) is 0 Å². The lowest BCUT2D eigenvalue weighted by molar-refractivity contribution is -0.286. The van der Waals surface area contributed by atoms with Crippen LogP contribution in [0, 0.1) is 0 Å². The standard InChI is InChI=1S/C7H3BrF2O2/c8-4-2-1-3-5-6(4)12-7(9,10)11-5/h1-3H. The van der Waals surface area contributed by atoms with E-state index in [0.29, 0.717) is 4.47 Å². The van der Waals surface area contributed by atoms with Crippen LogP contribution >= 0.6 is 15.9 Å². The van der Waals surface area contributed by atoms with E-state index in [1.165, 1.54) is 6.07 Å². The first-order chi connectivity index (χ1) is 5.58. The van der Waals surface area contributed by atoms with Gasteiger partial charge in [0.15, 0.2) is 11.5 Å². The molecule has 0 aliphatic carbocycles. The zero-order chi connectivity index (χ0) is 8.77. The van der Waals surface area contributed by atoms with E-state index in [1.807, 2.05) is 0 Å². The molecule has 0 fully saturated rings. The van der Waals surface area contributed by atoms with E-state index in [2.05, 4.69) is 25.4 Å². The van der Waals surface area contributed by atoms with Crippen LogP contribution in [0.5, 0.6) is 11.5 Å². The van der Waals surface area contributed by atoms with Gasteiger partial charge in [-0.15, -0.1) is 8.78 Å². The number of hydrogen-bond acceptors (Lipinski definition) is 2. The first-order valence-corrected chi connectivity index (χ1v) is 3.92. The van der Waals surface area contributed by atoms with Crippen LogP contribution in [0.3, 0.4) is 0 Å². The van der Waals surface area contributed by atoms with Gasteiger partial charge in [-0.3, -0.25) is 0 Å². The van der Waals surface area contributed by atoms with E-state index >= 15 is 0 Å². The fraction of sp³-hybridized carbons (Fsp3) is 0.143. The maximum Gasteiger partial charge on any atom is 0.586 e. The summed E-state index contributed by atoms with van der Waals surface area (Å²) in [5.41, 5.74) is 0. The van der Waals surface area contributed by atoms with Crippen LogP contribution in [-0.4, -0.2) is 6.29 Å². The maximum atomic E-state index is 12.5. The van der Waals surface area contributed by atoms with Crippen molar-refractivity contribution in [3.63, 3.8) is 0 Å². The Morgan fingerprint density at radius 2 is 2.00 bits per heavy atom. The van der Waals surface area contributed by atoms with E-state index < -0.39 is 6.29 Å². The van der Waals surface area contributed by atoms with Gasteiger partial charge in [-0.2, -0.15) is 0 Å². The molecule has 1 aliphatic rings. The highest BCUT2D eigenvalue weighted by Crippen LogP contribution is 2.45. The molecule has 1 aromatic carbocycles. The van der Waals surface area contributed by atoms with Crippen LogP contribution in [-0.2, 0) is 0 Å². The summed E-state index contributed by atoms with van der Waals surface area (Å²) < 4.78 is 33.8. The lowest BCUT2D eigenvalue weighted by Crippen LogP contribution is -2.26. The van der Waals surface area contributed by atoms with Crippen molar-refractivity contribution in [3.8, 4) is 11.5 Å². The lowest BCUT2D eigenvalue weighted by atomic mass is 10.3. The fourth-order valence-electron chi connectivity index (χ4n) is 0.936. The highest BCUT2D eigenvalue weighted by molar-refractivity contribution is 9.10. The van der Waals surface area contributed by atoms with Gasteiger partial charge in [-0.05, 0) is 28.1 Å². The van der Waals surface area contributed by atoms with E-state index in [9.17, 15) is 8.78 Å². The van der Waals surface area contributed by atoms with Crippen molar-refractivity contribution in [3.05, 3.63) is 22.7 Å². The third kappa shape index (κ3) is 1.14. The monoisotopic (exact) mass is 236 g/mol. The van der Waals surface area contributed by atoms with Crippen molar-refractivity contribution >= 4 is 15.9 Å². The molecule has 0 saturated heterocycles. The van der Waals surface area contributed by atoms with E-state index in [4.69, 9.17) is 0 Å². The molecule has 0 N–H and O–H groups in total. The average Bonchev–Trinajstić information content (AvgIpc) is 2.25. The molecule has 0 amide bonds. The molecular weight excluding hydrogens is 234 g/mol. The third-order valence-electron chi connectivity index (χ3n) is 1.38. The molecule has 1 heterocycles. The molecule has 0 atom stereocenters. The molecule has 2 rings (SSSR count). The second-order valence-corrected chi connectivity index (χ2v) is 3.09. The number of alkyl halides is 2. The van der Waals surface area contributed by atoms with Crippen molar-refractivity contribution in [2.24, 2.45) is 0 Å². The van der Waals surface area contributed by atoms with Crippen LogP contribution in [0.25, 0.3) is 0 Å². The summed E-state index contributed by atoms with van der Waals surface area (Å²) in [5.74, 6) is 0.0943. The number of halogens is 3. The summed E-state index contributed by atoms with van der Waals surface area (Å²) in [6, 6.07) is 4.61. The van der Waals surface area contributed by atoms with Gasteiger partial charge in [0.05, 0.1) is 4.47 Å². The molecule has 5 heteroatoms. The van der Waals surface area contributed by atoms with Crippen LogP contribution in [0.15, 0.2) is 22.7 Å². The summed E-state index contributed by atoms with van der Waals surface area (Å²) in [5, 5.41) is 0. The lowest BCUT2D eigenvalue weighted by Gasteiger charge is -2.04. The Morgan fingerprint density at radius 1 is 1.25 bits per heavy atom. The van der Waals surface area contributed by atoms with Crippen LogP contribution in [0.2, 0.25) is 0 Å². The second-order valence-electron chi connectivity index (χ2n) is 2.23. The van der Waals surface area contributed by atoms with Crippen molar-refractivity contribution in [1.82, 2.24) is 0 Å². The Morgan fingerprint density at radius 3 is 2.67 bits per heavy atom. The molecular formula is C7H3BrF2O2. The minimum Gasteiger partial charge on any atom is -0.395 e. The molecule has 0 aromatic heterocycles. The molecule has 1 aliphatic heterocycles. The second kappa shape index (κ2) is 2.32. The van der Waals surface area contributed by atoms with Gasteiger partial charge < -0.3 is 9.47 Å². The Bertz CT molecular complexity index is 327. The molecule has 12 heavy (non-hydrogen) atoms. The molecule has 64 valence electrons. The van der Waals surface area contributed by atoms with Gasteiger partial charge >= 0.3 is 6.29 Å². The Hall–Kier alpha value is -0.840. The van der Waals surface area contributed by atoms with Crippen molar-refractivity contribution in [2.45, 2.75) is 6.29 Å². The normalized spacial score (nSPS) is 17.9. The highest BCUT2D eigenvalue weighted by Gasteiger charge is 2.44. The number of ether oxygens (including phenoxy) is 2. The van der Waals surface area contributed by atoms with Crippen LogP contribution in [0.1, 0.15) is 0 Å². The number of fused-ring (bicyclic) bond motifs is 1. The van der Waals surface area contributed by atoms with Gasteiger partial charge in [0.2, 0.25) is 0 Å². The van der Waals surface area contributed by atoms with E-state index in [0.717, 1.165) is 0 Å². The molecule has 0 saturated carbocycles. The minimum absolute atomic E-state index is 0.0440. The van der Waals surface area contributed by atoms with Crippen LogP contribution < -0.4 is 9.47 Å². The third-order valence-corrected chi connectivity index (χ3v) is 2.00. The zero-order valence-electron chi connectivity index (χ0n) is 5.68. The zero-order valence-corrected chi connectivity index (χ0v) is 7.27. The minimum atomic E-state index is -3.54. The first-order valence-electron chi connectivity index (χ1n) is 3.13. The van der Waals surface area contributed by atoms with Gasteiger partial charge in [-0.25, -0.2) is 0 Å². The summed E-state index contributed by atoms with van der Waals surface area (Å²) in [4.78, 5) is 0. The summed E-state index contributed by atoms with van der Waals surface area (Å²) in [6.45, 7) is 0. The first kappa shape index (κ1) is 7.79. The predicted molar refractivity (Wildman–Crippen MR) is 40.3 cm³/mol. The average molecular weight is 237 g/mol. The van der Waals surface area contributed by atoms with Gasteiger partial charge in [-0.1, -0.05) is 6.07 Å². The van der Waals surface area contributed by atoms with Crippen molar-refractivity contribution in [2.75, 3.05) is 0 Å². The summed E-state index contributed by atoms with van der Waals surface area (Å²) >= 11 is 3.06. The summed E-state index contributed by atoms with van der Waals surface area (Å²) in [7, 11) is 0. The molecule has 0 bridgehead atoms. The fourth-order valence-corrected chi connectivity index (χ4v) is 1.37. The van der Waals surface area contributed by atoms with Gasteiger partial charge in [0, 0.05) is 0 Å². The maximum absolute atomic E-state index is 12.5. The van der Waals surface area contributed by atoms with Crippen molar-refractivity contribution < 1.29 is 18.3 Å². The molecule has 2 nitrogen and oxygen atoms in total. The molecule has 0 radical (unpaired) electrons. The van der Waals surface area contributed by atoms with Crippen LogP contribution in [0.4, 0.5) is 8.78 Å². The Balaban J connectivity index is 2.48. The molecule has 0 spiro atoms. The summed E-state index contributed by atoms with van der Waals surface area (Å²) in [6.07, 6.45) is -3.54. The highest BCUT2D eigenvalue weighted by atomic mass is 79.9. The SMILES string of the molecule is FC1(F)Oc2cccc(Br)c2O1. The Labute approximate surface area is 75.2 Å². The molecule has 1 aromatic rings. The number of hydrogen-bond donors (Lipinski definition) is 0. The number of benzene rings is 1. The Kier molecular flexibility index (Phi) is 1.51. The number of para-hydroxylation sites is 1. The van der Waals surface area contributed by atoms with E-state index in [-0.39, 0.29) is 11.5 Å². The quantitative estimate of drug-likeness (QED) is 0.690. The smallest absolute Gasteiger partial charge is 0.395 e. The van der Waals surface area contributed by atoms with Gasteiger partial charge in [0.1, 0.15) is 0 Å². The van der Waals surface area contributed by atoms with Gasteiger partial charge in [0.25, 0.3) is 0 Å². The predicted octanol–water partition coefficient (Wildman–Crippen LogP) is 2.77.